The Balaban J connectivity index is 2.09. The van der Waals surface area contributed by atoms with E-state index >= 15 is 0 Å². The van der Waals surface area contributed by atoms with E-state index in [1.165, 1.54) is 0 Å². The van der Waals surface area contributed by atoms with Gasteiger partial charge in [-0.05, 0) is 0 Å². The molecule has 0 aliphatic carbocycles. The summed E-state index contributed by atoms with van der Waals surface area (Å²) in [6, 6.07) is 0. The Morgan fingerprint density at radius 2 is 2.45 bits per heavy atom. The zero-order valence-electron chi connectivity index (χ0n) is 6.59. The molecule has 4 heteroatoms. The van der Waals surface area contributed by atoms with Crippen LogP contribution < -0.4 is 0 Å². The van der Waals surface area contributed by atoms with Crippen LogP contribution in [-0.4, -0.2) is 38.6 Å². The molecule has 1 fully saturated rings. The topological polar surface area (TPSA) is 27.7 Å². The van der Waals surface area contributed by atoms with Crippen molar-refractivity contribution in [3.63, 3.8) is 0 Å². The lowest BCUT2D eigenvalue weighted by Gasteiger charge is -2.08. The zero-order chi connectivity index (χ0) is 8.10. The second kappa shape index (κ2) is 4.93. The van der Waals surface area contributed by atoms with Crippen LogP contribution in [0.1, 0.15) is 6.42 Å². The van der Waals surface area contributed by atoms with Gasteiger partial charge in [0.25, 0.3) is 0 Å². The van der Waals surface area contributed by atoms with Crippen LogP contribution in [0.15, 0.2) is 0 Å². The van der Waals surface area contributed by atoms with Crippen molar-refractivity contribution in [3.05, 3.63) is 0 Å². The molecule has 66 valence electrons. The molecule has 2 atom stereocenters. The monoisotopic (exact) mass is 180 g/mol. The highest BCUT2D eigenvalue weighted by atomic mass is 35.5. The Labute approximate surface area is 71.6 Å². The zero-order valence-corrected chi connectivity index (χ0v) is 7.34. The van der Waals surface area contributed by atoms with Crippen molar-refractivity contribution in [1.82, 2.24) is 0 Å². The lowest BCUT2D eigenvalue weighted by atomic mass is 10.4. The van der Waals surface area contributed by atoms with E-state index in [2.05, 4.69) is 0 Å². The molecule has 1 aliphatic rings. The van der Waals surface area contributed by atoms with E-state index in [1.54, 1.807) is 7.11 Å². The van der Waals surface area contributed by atoms with E-state index in [0.29, 0.717) is 19.1 Å². The third-order valence-electron chi connectivity index (χ3n) is 1.54. The van der Waals surface area contributed by atoms with Gasteiger partial charge in [-0.15, -0.1) is 11.6 Å². The lowest BCUT2D eigenvalue weighted by Crippen LogP contribution is -2.14. The van der Waals surface area contributed by atoms with Crippen LogP contribution in [0.4, 0.5) is 0 Å². The Morgan fingerprint density at radius 3 is 3.00 bits per heavy atom. The number of halogens is 1. The van der Waals surface area contributed by atoms with E-state index in [1.807, 2.05) is 0 Å². The summed E-state index contributed by atoms with van der Waals surface area (Å²) in [7, 11) is 1.66. The second-order valence-electron chi connectivity index (χ2n) is 2.46. The highest BCUT2D eigenvalue weighted by Gasteiger charge is 2.24. The first-order valence-corrected chi connectivity index (χ1v) is 4.22. The smallest absolute Gasteiger partial charge is 0.160 e. The molecule has 0 amide bonds. The minimum absolute atomic E-state index is 0.0681. The van der Waals surface area contributed by atoms with Gasteiger partial charge >= 0.3 is 0 Å². The van der Waals surface area contributed by atoms with E-state index in [0.717, 1.165) is 6.42 Å². The van der Waals surface area contributed by atoms with E-state index in [4.69, 9.17) is 25.8 Å². The van der Waals surface area contributed by atoms with Crippen molar-refractivity contribution in [2.75, 3.05) is 26.2 Å². The van der Waals surface area contributed by atoms with Gasteiger partial charge in [-0.1, -0.05) is 0 Å². The van der Waals surface area contributed by atoms with E-state index in [-0.39, 0.29) is 12.4 Å². The molecule has 3 nitrogen and oxygen atoms in total. The first kappa shape index (κ1) is 9.26. The molecule has 1 rings (SSSR count). The molecule has 1 saturated heterocycles. The molecule has 11 heavy (non-hydrogen) atoms. The van der Waals surface area contributed by atoms with Crippen molar-refractivity contribution >= 4 is 11.6 Å². The number of methoxy groups -OCH3 is 1. The highest BCUT2D eigenvalue weighted by molar-refractivity contribution is 6.18. The molecule has 0 bridgehead atoms. The Morgan fingerprint density at radius 1 is 1.64 bits per heavy atom. The van der Waals surface area contributed by atoms with Gasteiger partial charge in [0.2, 0.25) is 0 Å². The Hall–Kier alpha value is 0.170. The molecular weight excluding hydrogens is 168 g/mol. The normalized spacial score (nSPS) is 31.1. The molecule has 0 radical (unpaired) electrons. The van der Waals surface area contributed by atoms with Crippen molar-refractivity contribution in [3.8, 4) is 0 Å². The van der Waals surface area contributed by atoms with Crippen LogP contribution >= 0.6 is 11.6 Å². The molecule has 0 aromatic heterocycles. The summed E-state index contributed by atoms with van der Waals surface area (Å²) in [5.74, 6) is 0.503. The Kier molecular flexibility index (Phi) is 4.15. The number of rotatable bonds is 4. The van der Waals surface area contributed by atoms with E-state index in [9.17, 15) is 0 Å². The van der Waals surface area contributed by atoms with Crippen LogP contribution in [0.2, 0.25) is 0 Å². The molecule has 0 N–H and O–H groups in total. The maximum atomic E-state index is 5.57. The first-order chi connectivity index (χ1) is 5.36. The summed E-state index contributed by atoms with van der Waals surface area (Å²) in [6.45, 7) is 1.28. The van der Waals surface area contributed by atoms with Crippen molar-refractivity contribution in [2.45, 2.75) is 18.8 Å². The minimum atomic E-state index is -0.112. The fourth-order valence-corrected chi connectivity index (χ4v) is 1.12. The predicted molar refractivity (Wildman–Crippen MR) is 41.8 cm³/mol. The van der Waals surface area contributed by atoms with Gasteiger partial charge in [0.15, 0.2) is 6.29 Å². The summed E-state index contributed by atoms with van der Waals surface area (Å²) in [4.78, 5) is 0. The third-order valence-corrected chi connectivity index (χ3v) is 1.89. The minimum Gasteiger partial charge on any atom is -0.384 e. The van der Waals surface area contributed by atoms with Gasteiger partial charge in [-0.2, -0.15) is 0 Å². The quantitative estimate of drug-likeness (QED) is 0.605. The van der Waals surface area contributed by atoms with Gasteiger partial charge in [0, 0.05) is 13.5 Å². The van der Waals surface area contributed by atoms with Crippen LogP contribution in [0.25, 0.3) is 0 Å². The van der Waals surface area contributed by atoms with Crippen molar-refractivity contribution < 1.29 is 14.2 Å². The molecule has 0 aromatic carbocycles. The number of ether oxygens (including phenoxy) is 3. The summed E-state index contributed by atoms with van der Waals surface area (Å²) in [5, 5.41) is 0. The molecular formula is C7H13ClO3. The van der Waals surface area contributed by atoms with E-state index < -0.39 is 0 Å². The van der Waals surface area contributed by atoms with Gasteiger partial charge in [-0.25, -0.2) is 0 Å². The van der Waals surface area contributed by atoms with Crippen molar-refractivity contribution in [2.24, 2.45) is 0 Å². The van der Waals surface area contributed by atoms with Crippen LogP contribution in [-0.2, 0) is 14.2 Å². The fourth-order valence-electron chi connectivity index (χ4n) is 0.954. The Bertz CT molecular complexity index is 110. The molecule has 1 aliphatic heterocycles. The van der Waals surface area contributed by atoms with Crippen LogP contribution in [0.5, 0.6) is 0 Å². The molecule has 0 saturated carbocycles. The second-order valence-corrected chi connectivity index (χ2v) is 2.77. The standard InChI is InChI=1S/C7H13ClO3/c1-9-3-2-7-10-5-6(4-8)11-7/h6-7H,2-5H2,1H3/t6-,7-/m1/s1. The van der Waals surface area contributed by atoms with Gasteiger partial charge in [-0.3, -0.25) is 0 Å². The number of hydrogen-bond donors (Lipinski definition) is 0. The van der Waals surface area contributed by atoms with Crippen LogP contribution in [0, 0.1) is 0 Å². The lowest BCUT2D eigenvalue weighted by molar-refractivity contribution is -0.0691. The SMILES string of the molecule is COCC[C@@H]1OC[C@@H](CCl)O1. The summed E-state index contributed by atoms with van der Waals surface area (Å²) in [5.41, 5.74) is 0. The third kappa shape index (κ3) is 2.95. The average molecular weight is 181 g/mol. The largest absolute Gasteiger partial charge is 0.384 e. The molecule has 0 spiro atoms. The molecule has 0 aromatic rings. The number of hydrogen-bond acceptors (Lipinski definition) is 3. The first-order valence-electron chi connectivity index (χ1n) is 3.68. The average Bonchev–Trinajstić information content (AvgIpc) is 2.48. The summed E-state index contributed by atoms with van der Waals surface area (Å²) < 4.78 is 15.5. The number of alkyl halides is 1. The molecule has 1 heterocycles. The van der Waals surface area contributed by atoms with Crippen LogP contribution in [0.3, 0.4) is 0 Å². The van der Waals surface area contributed by atoms with Gasteiger partial charge in [0.05, 0.1) is 25.2 Å². The summed E-state index contributed by atoms with van der Waals surface area (Å²) >= 11 is 5.57. The maximum absolute atomic E-state index is 5.57. The van der Waals surface area contributed by atoms with Crippen molar-refractivity contribution in [1.29, 1.82) is 0 Å². The fraction of sp³-hybridized carbons (Fsp3) is 1.00. The highest BCUT2D eigenvalue weighted by Crippen LogP contribution is 2.15. The predicted octanol–water partition coefficient (Wildman–Crippen LogP) is 1.00. The van der Waals surface area contributed by atoms with Gasteiger partial charge in [0.1, 0.15) is 0 Å². The molecule has 0 unspecified atom stereocenters. The maximum Gasteiger partial charge on any atom is 0.160 e. The summed E-state index contributed by atoms with van der Waals surface area (Å²) in [6.07, 6.45) is 0.737. The van der Waals surface area contributed by atoms with Gasteiger partial charge < -0.3 is 14.2 Å².